The molecule has 0 aromatic heterocycles. The minimum Gasteiger partial charge on any atom is -0.346 e. The Labute approximate surface area is 142 Å². The van der Waals surface area contributed by atoms with Crippen molar-refractivity contribution < 1.29 is 18.0 Å². The molecule has 0 bridgehead atoms. The minimum atomic E-state index is -3.62. The zero-order valence-electron chi connectivity index (χ0n) is 14.1. The molecule has 9 heteroatoms. The van der Waals surface area contributed by atoms with E-state index in [1.165, 1.54) is 10.4 Å². The maximum atomic E-state index is 12.6. The number of hydrogen-bond donors (Lipinski definition) is 3. The molecule has 2 amide bonds. The molecule has 0 saturated carbocycles. The summed E-state index contributed by atoms with van der Waals surface area (Å²) in [5, 5.41) is 4.90. The lowest BCUT2D eigenvalue weighted by molar-refractivity contribution is -0.123. The van der Waals surface area contributed by atoms with Crippen LogP contribution >= 0.6 is 0 Å². The second-order valence-electron chi connectivity index (χ2n) is 5.10. The lowest BCUT2D eigenvalue weighted by atomic mass is 10.2. The number of anilines is 1. The van der Waals surface area contributed by atoms with E-state index >= 15 is 0 Å². The molecule has 0 unspecified atom stereocenters. The molecule has 1 rings (SSSR count). The summed E-state index contributed by atoms with van der Waals surface area (Å²) in [4.78, 5) is 23.0. The number of carbonyl (C=O) groups is 2. The topological polar surface area (TPSA) is 122 Å². The van der Waals surface area contributed by atoms with E-state index in [-0.39, 0.29) is 18.0 Å². The summed E-state index contributed by atoms with van der Waals surface area (Å²) in [6.07, 6.45) is 0. The lowest BCUT2D eigenvalue weighted by Crippen LogP contribution is -2.36. The second-order valence-corrected chi connectivity index (χ2v) is 7.00. The first-order valence-electron chi connectivity index (χ1n) is 7.63. The summed E-state index contributed by atoms with van der Waals surface area (Å²) in [5.74, 6) is -0.911. The molecular formula is C15H24N4O4S. The van der Waals surface area contributed by atoms with Gasteiger partial charge in [-0.05, 0) is 24.6 Å². The first-order valence-corrected chi connectivity index (χ1v) is 9.07. The van der Waals surface area contributed by atoms with Gasteiger partial charge in [-0.1, -0.05) is 19.9 Å². The molecule has 0 aliphatic heterocycles. The Hall–Kier alpha value is -1.97. The lowest BCUT2D eigenvalue weighted by Gasteiger charge is -2.20. The van der Waals surface area contributed by atoms with Crippen molar-refractivity contribution in [2.24, 2.45) is 5.73 Å². The number of nitrogens with two attached hydrogens (primary N) is 1. The number of sulfonamides is 1. The van der Waals surface area contributed by atoms with Crippen LogP contribution in [-0.4, -0.2) is 50.7 Å². The zero-order chi connectivity index (χ0) is 18.3. The monoisotopic (exact) mass is 356 g/mol. The van der Waals surface area contributed by atoms with Crippen molar-refractivity contribution in [3.63, 3.8) is 0 Å². The van der Waals surface area contributed by atoms with Gasteiger partial charge in [0.1, 0.15) is 0 Å². The number of nitrogens with zero attached hydrogens (tertiary/aromatic N) is 1. The fraction of sp³-hybridized carbons (Fsp3) is 0.467. The van der Waals surface area contributed by atoms with Gasteiger partial charge in [0.2, 0.25) is 21.8 Å². The van der Waals surface area contributed by atoms with Gasteiger partial charge < -0.3 is 16.4 Å². The van der Waals surface area contributed by atoms with E-state index in [1.807, 2.05) is 0 Å². The Morgan fingerprint density at radius 2 is 1.79 bits per heavy atom. The average molecular weight is 356 g/mol. The van der Waals surface area contributed by atoms with Crippen LogP contribution in [0.5, 0.6) is 0 Å². The van der Waals surface area contributed by atoms with Crippen LogP contribution in [0.1, 0.15) is 19.4 Å². The minimum absolute atomic E-state index is 0.148. The third-order valence-corrected chi connectivity index (χ3v) is 5.62. The number of nitrogens with one attached hydrogen (secondary N) is 2. The van der Waals surface area contributed by atoms with Gasteiger partial charge in [-0.15, -0.1) is 0 Å². The average Bonchev–Trinajstić information content (AvgIpc) is 2.55. The maximum Gasteiger partial charge on any atom is 0.243 e. The van der Waals surface area contributed by atoms with Crippen LogP contribution in [0.25, 0.3) is 0 Å². The number of rotatable bonds is 8. The predicted molar refractivity (Wildman–Crippen MR) is 92.0 cm³/mol. The number of benzene rings is 1. The fourth-order valence-electron chi connectivity index (χ4n) is 2.11. The van der Waals surface area contributed by atoms with Crippen LogP contribution in [0.15, 0.2) is 23.1 Å². The summed E-state index contributed by atoms with van der Waals surface area (Å²) in [6.45, 7) is 5.51. The largest absolute Gasteiger partial charge is 0.346 e. The van der Waals surface area contributed by atoms with Crippen molar-refractivity contribution in [3.8, 4) is 0 Å². The van der Waals surface area contributed by atoms with Crippen molar-refractivity contribution in [2.75, 3.05) is 31.5 Å². The normalized spacial score (nSPS) is 11.4. The highest BCUT2D eigenvalue weighted by atomic mass is 32.2. The summed E-state index contributed by atoms with van der Waals surface area (Å²) >= 11 is 0. The van der Waals surface area contributed by atoms with Crippen molar-refractivity contribution >= 4 is 27.5 Å². The Morgan fingerprint density at radius 3 is 2.33 bits per heavy atom. The van der Waals surface area contributed by atoms with Crippen LogP contribution in [0.2, 0.25) is 0 Å². The van der Waals surface area contributed by atoms with Gasteiger partial charge >= 0.3 is 0 Å². The highest BCUT2D eigenvalue weighted by Crippen LogP contribution is 2.23. The van der Waals surface area contributed by atoms with Crippen LogP contribution < -0.4 is 16.4 Å². The molecule has 24 heavy (non-hydrogen) atoms. The van der Waals surface area contributed by atoms with Gasteiger partial charge in [0.25, 0.3) is 0 Å². The molecular weight excluding hydrogens is 332 g/mol. The smallest absolute Gasteiger partial charge is 0.243 e. The Kier molecular flexibility index (Phi) is 7.33. The van der Waals surface area contributed by atoms with E-state index in [0.717, 1.165) is 0 Å². The van der Waals surface area contributed by atoms with Crippen LogP contribution in [0.4, 0.5) is 5.69 Å². The molecule has 1 aromatic carbocycles. The molecule has 0 radical (unpaired) electrons. The van der Waals surface area contributed by atoms with E-state index in [0.29, 0.717) is 24.3 Å². The molecule has 0 heterocycles. The molecule has 0 aliphatic rings. The first-order chi connectivity index (χ1) is 11.3. The fourth-order valence-corrected chi connectivity index (χ4v) is 3.82. The van der Waals surface area contributed by atoms with Crippen molar-refractivity contribution in [1.29, 1.82) is 0 Å². The number of aryl methyl sites for hydroxylation is 1. The summed E-state index contributed by atoms with van der Waals surface area (Å²) in [5.41, 5.74) is 6.07. The Bertz CT molecular complexity index is 699. The summed E-state index contributed by atoms with van der Waals surface area (Å²) < 4.78 is 26.6. The van der Waals surface area contributed by atoms with E-state index < -0.39 is 21.8 Å². The molecule has 0 aliphatic carbocycles. The number of carbonyl (C=O) groups excluding carboxylic acids is 2. The molecule has 0 spiro atoms. The van der Waals surface area contributed by atoms with Gasteiger partial charge in [0, 0.05) is 18.8 Å². The quantitative estimate of drug-likeness (QED) is 0.607. The molecule has 134 valence electrons. The van der Waals surface area contributed by atoms with Gasteiger partial charge in [-0.25, -0.2) is 8.42 Å². The standard InChI is InChI=1S/C15H24N4O4S/c1-4-19(5-2)24(22,23)13-8-12(7-6-11(13)3)18-15(21)10-17-14(20)9-16/h6-8H,4-5,9-10,16H2,1-3H3,(H,17,20)(H,18,21). The summed E-state index contributed by atoms with van der Waals surface area (Å²) in [7, 11) is -3.62. The molecule has 8 nitrogen and oxygen atoms in total. The highest BCUT2D eigenvalue weighted by molar-refractivity contribution is 7.89. The highest BCUT2D eigenvalue weighted by Gasteiger charge is 2.24. The van der Waals surface area contributed by atoms with Gasteiger partial charge in [0.05, 0.1) is 18.0 Å². The van der Waals surface area contributed by atoms with Crippen molar-refractivity contribution in [1.82, 2.24) is 9.62 Å². The zero-order valence-corrected chi connectivity index (χ0v) is 14.9. The van der Waals surface area contributed by atoms with Crippen LogP contribution in [0.3, 0.4) is 0 Å². The molecule has 4 N–H and O–H groups in total. The molecule has 0 saturated heterocycles. The van der Waals surface area contributed by atoms with Gasteiger partial charge in [-0.2, -0.15) is 4.31 Å². The first kappa shape index (κ1) is 20.1. The molecule has 0 atom stereocenters. The van der Waals surface area contributed by atoms with Crippen LogP contribution in [0, 0.1) is 6.92 Å². The summed E-state index contributed by atoms with van der Waals surface area (Å²) in [6, 6.07) is 4.66. The van der Waals surface area contributed by atoms with Gasteiger partial charge in [0.15, 0.2) is 0 Å². The molecule has 0 fully saturated rings. The third-order valence-electron chi connectivity index (χ3n) is 3.43. The van der Waals surface area contributed by atoms with E-state index in [2.05, 4.69) is 10.6 Å². The van der Waals surface area contributed by atoms with Gasteiger partial charge in [-0.3, -0.25) is 9.59 Å². The van der Waals surface area contributed by atoms with Crippen molar-refractivity contribution in [3.05, 3.63) is 23.8 Å². The van der Waals surface area contributed by atoms with Crippen molar-refractivity contribution in [2.45, 2.75) is 25.7 Å². The van der Waals surface area contributed by atoms with E-state index in [9.17, 15) is 18.0 Å². The molecule has 1 aromatic rings. The number of amides is 2. The number of hydrogen-bond acceptors (Lipinski definition) is 5. The Morgan fingerprint density at radius 1 is 1.17 bits per heavy atom. The SMILES string of the molecule is CCN(CC)S(=O)(=O)c1cc(NC(=O)CNC(=O)CN)ccc1C. The maximum absolute atomic E-state index is 12.6. The Balaban J connectivity index is 2.98. The van der Waals surface area contributed by atoms with E-state index in [1.54, 1.807) is 32.9 Å². The third kappa shape index (κ3) is 5.02. The van der Waals surface area contributed by atoms with E-state index in [4.69, 9.17) is 5.73 Å². The second kappa shape index (κ2) is 8.76. The van der Waals surface area contributed by atoms with Crippen LogP contribution in [-0.2, 0) is 19.6 Å². The predicted octanol–water partition coefficient (Wildman–Crippen LogP) is 0.0389.